The van der Waals surface area contributed by atoms with Gasteiger partial charge < -0.3 is 10.6 Å². The van der Waals surface area contributed by atoms with Gasteiger partial charge in [-0.15, -0.1) is 0 Å². The van der Waals surface area contributed by atoms with Gasteiger partial charge in [-0.25, -0.2) is 12.8 Å². The van der Waals surface area contributed by atoms with E-state index in [4.69, 9.17) is 0 Å². The van der Waals surface area contributed by atoms with Gasteiger partial charge in [-0.1, -0.05) is 58.9 Å². The van der Waals surface area contributed by atoms with Gasteiger partial charge in [-0.2, -0.15) is 0 Å². The monoisotopic (exact) mass is 434 g/mol. The van der Waals surface area contributed by atoms with Crippen LogP contribution in [0, 0.1) is 11.7 Å². The standard InChI is InChI=1S/C23H31FN2O3S/c1-15(2)22(16-7-9-17(10-8-16)23(3,4)5)25-14-21(27)26-20-13-18(30(6,28)29)11-12-19(20)24/h7-13,15,22,25H,14H2,1-6H3,(H,26,27)/t22-/m1/s1. The van der Waals surface area contributed by atoms with Gasteiger partial charge in [0.15, 0.2) is 9.84 Å². The molecule has 1 atom stereocenters. The van der Waals surface area contributed by atoms with Crippen molar-refractivity contribution in [2.45, 2.75) is 51.0 Å². The first-order valence-electron chi connectivity index (χ1n) is 9.92. The highest BCUT2D eigenvalue weighted by Crippen LogP contribution is 2.27. The highest BCUT2D eigenvalue weighted by molar-refractivity contribution is 7.90. The Morgan fingerprint density at radius 3 is 2.17 bits per heavy atom. The fraction of sp³-hybridized carbons (Fsp3) is 0.435. The summed E-state index contributed by atoms with van der Waals surface area (Å²) in [6.45, 7) is 10.5. The minimum absolute atomic E-state index is 0.0353. The van der Waals surface area contributed by atoms with Crippen LogP contribution in [0.5, 0.6) is 0 Å². The maximum Gasteiger partial charge on any atom is 0.238 e. The van der Waals surface area contributed by atoms with Crippen LogP contribution in [0.4, 0.5) is 10.1 Å². The van der Waals surface area contributed by atoms with Crippen LogP contribution in [0.25, 0.3) is 0 Å². The molecule has 0 aliphatic rings. The van der Waals surface area contributed by atoms with Crippen molar-refractivity contribution in [3.05, 3.63) is 59.4 Å². The molecule has 2 aromatic rings. The number of hydrogen-bond donors (Lipinski definition) is 2. The third-order valence-corrected chi connectivity index (χ3v) is 6.04. The Bertz CT molecular complexity index is 994. The first-order valence-corrected chi connectivity index (χ1v) is 11.8. The van der Waals surface area contributed by atoms with Crippen molar-refractivity contribution in [1.29, 1.82) is 0 Å². The molecule has 164 valence electrons. The normalized spacial score (nSPS) is 13.3. The van der Waals surface area contributed by atoms with Crippen LogP contribution in [0.15, 0.2) is 47.4 Å². The van der Waals surface area contributed by atoms with Crippen molar-refractivity contribution >= 4 is 21.4 Å². The Morgan fingerprint density at radius 1 is 1.07 bits per heavy atom. The van der Waals surface area contributed by atoms with Gasteiger partial charge in [-0.05, 0) is 40.7 Å². The topological polar surface area (TPSA) is 75.3 Å². The molecule has 0 spiro atoms. The first kappa shape index (κ1) is 24.0. The summed E-state index contributed by atoms with van der Waals surface area (Å²) in [6.07, 6.45) is 1.03. The second-order valence-corrected chi connectivity index (χ2v) is 11.0. The Hall–Kier alpha value is -2.25. The van der Waals surface area contributed by atoms with Gasteiger partial charge in [0.25, 0.3) is 0 Å². The van der Waals surface area contributed by atoms with Crippen molar-refractivity contribution in [1.82, 2.24) is 5.32 Å². The number of halogens is 1. The molecule has 2 aromatic carbocycles. The van der Waals surface area contributed by atoms with E-state index in [1.165, 1.54) is 11.6 Å². The summed E-state index contributed by atoms with van der Waals surface area (Å²) in [5, 5.41) is 5.68. The number of carbonyl (C=O) groups excluding carboxylic acids is 1. The Kier molecular flexibility index (Phi) is 7.42. The predicted octanol–water partition coefficient (Wildman–Crippen LogP) is 4.45. The van der Waals surface area contributed by atoms with E-state index < -0.39 is 21.6 Å². The molecule has 0 saturated carbocycles. The number of nitrogens with one attached hydrogen (secondary N) is 2. The second kappa shape index (κ2) is 9.27. The predicted molar refractivity (Wildman–Crippen MR) is 119 cm³/mol. The molecule has 1 amide bonds. The summed E-state index contributed by atoms with van der Waals surface area (Å²) in [5.74, 6) is -0.908. The van der Waals surface area contributed by atoms with Crippen LogP contribution in [0.1, 0.15) is 51.8 Å². The summed E-state index contributed by atoms with van der Waals surface area (Å²) in [7, 11) is -3.50. The number of anilines is 1. The minimum atomic E-state index is -3.50. The van der Waals surface area contributed by atoms with Gasteiger partial charge in [0, 0.05) is 12.3 Å². The lowest BCUT2D eigenvalue weighted by molar-refractivity contribution is -0.115. The van der Waals surface area contributed by atoms with Crippen LogP contribution in [-0.4, -0.2) is 27.1 Å². The molecule has 0 heterocycles. The fourth-order valence-corrected chi connectivity index (χ4v) is 3.80. The van der Waals surface area contributed by atoms with Crippen molar-refractivity contribution in [2.75, 3.05) is 18.1 Å². The number of sulfone groups is 1. The van der Waals surface area contributed by atoms with Crippen molar-refractivity contribution in [2.24, 2.45) is 5.92 Å². The molecule has 0 fully saturated rings. The molecule has 0 saturated heterocycles. The molecular formula is C23H31FN2O3S. The maximum absolute atomic E-state index is 14.0. The fourth-order valence-electron chi connectivity index (χ4n) is 3.16. The number of amides is 1. The summed E-state index contributed by atoms with van der Waals surface area (Å²) in [4.78, 5) is 12.3. The van der Waals surface area contributed by atoms with E-state index in [2.05, 4.69) is 69.5 Å². The van der Waals surface area contributed by atoms with Crippen LogP contribution in [0.2, 0.25) is 0 Å². The zero-order valence-electron chi connectivity index (χ0n) is 18.4. The first-order chi connectivity index (χ1) is 13.8. The van der Waals surface area contributed by atoms with Gasteiger partial charge in [0.1, 0.15) is 5.82 Å². The van der Waals surface area contributed by atoms with Crippen LogP contribution >= 0.6 is 0 Å². The molecule has 30 heavy (non-hydrogen) atoms. The van der Waals surface area contributed by atoms with Crippen LogP contribution in [-0.2, 0) is 20.0 Å². The highest BCUT2D eigenvalue weighted by atomic mass is 32.2. The smallest absolute Gasteiger partial charge is 0.238 e. The summed E-state index contributed by atoms with van der Waals surface area (Å²) < 4.78 is 37.3. The molecule has 0 radical (unpaired) electrons. The Balaban J connectivity index is 2.09. The van der Waals surface area contributed by atoms with E-state index in [0.717, 1.165) is 24.0 Å². The molecule has 2 rings (SSSR count). The second-order valence-electron chi connectivity index (χ2n) is 8.94. The van der Waals surface area contributed by atoms with Gasteiger partial charge in [-0.3, -0.25) is 4.79 Å². The Morgan fingerprint density at radius 2 is 1.67 bits per heavy atom. The largest absolute Gasteiger partial charge is 0.322 e. The van der Waals surface area contributed by atoms with E-state index in [1.54, 1.807) is 0 Å². The highest BCUT2D eigenvalue weighted by Gasteiger charge is 2.19. The van der Waals surface area contributed by atoms with Gasteiger partial charge >= 0.3 is 0 Å². The average Bonchev–Trinajstić information content (AvgIpc) is 2.62. The van der Waals surface area contributed by atoms with Gasteiger partial charge in [0.05, 0.1) is 17.1 Å². The van der Waals surface area contributed by atoms with E-state index in [-0.39, 0.29) is 34.5 Å². The minimum Gasteiger partial charge on any atom is -0.322 e. The zero-order valence-corrected chi connectivity index (χ0v) is 19.2. The molecule has 0 aliphatic carbocycles. The van der Waals surface area contributed by atoms with E-state index in [0.29, 0.717) is 0 Å². The number of rotatable bonds is 7. The number of carbonyl (C=O) groups is 1. The molecule has 0 aromatic heterocycles. The molecule has 0 bridgehead atoms. The lowest BCUT2D eigenvalue weighted by Gasteiger charge is -2.25. The average molecular weight is 435 g/mol. The lowest BCUT2D eigenvalue weighted by atomic mass is 9.85. The summed E-state index contributed by atoms with van der Waals surface area (Å²) in [5.41, 5.74) is 2.20. The molecule has 0 unspecified atom stereocenters. The number of hydrogen-bond acceptors (Lipinski definition) is 4. The Labute approximate surface area is 179 Å². The van der Waals surface area contributed by atoms with Crippen molar-refractivity contribution < 1.29 is 17.6 Å². The lowest BCUT2D eigenvalue weighted by Crippen LogP contribution is -2.34. The third-order valence-electron chi connectivity index (χ3n) is 4.93. The van der Waals surface area contributed by atoms with E-state index in [1.807, 2.05) is 0 Å². The summed E-state index contributed by atoms with van der Waals surface area (Å²) in [6, 6.07) is 11.6. The quantitative estimate of drug-likeness (QED) is 0.631. The van der Waals surface area contributed by atoms with E-state index >= 15 is 0 Å². The van der Waals surface area contributed by atoms with E-state index in [9.17, 15) is 17.6 Å². The van der Waals surface area contributed by atoms with Crippen LogP contribution in [0.3, 0.4) is 0 Å². The zero-order chi connectivity index (χ0) is 22.7. The molecule has 7 heteroatoms. The van der Waals surface area contributed by atoms with Gasteiger partial charge in [0.2, 0.25) is 5.91 Å². The SMILES string of the molecule is CC(C)[C@@H](NCC(=O)Nc1cc(S(C)(=O)=O)ccc1F)c1ccc(C(C)(C)C)cc1. The molecule has 0 aliphatic heterocycles. The van der Waals surface area contributed by atoms with Crippen molar-refractivity contribution in [3.8, 4) is 0 Å². The maximum atomic E-state index is 14.0. The third kappa shape index (κ3) is 6.37. The van der Waals surface area contributed by atoms with Crippen molar-refractivity contribution in [3.63, 3.8) is 0 Å². The molecular weight excluding hydrogens is 403 g/mol. The van der Waals surface area contributed by atoms with Crippen LogP contribution < -0.4 is 10.6 Å². The molecule has 5 nitrogen and oxygen atoms in total. The number of benzene rings is 2. The molecule has 2 N–H and O–H groups in total. The summed E-state index contributed by atoms with van der Waals surface area (Å²) >= 11 is 0.